The highest BCUT2D eigenvalue weighted by atomic mass is 35.5. The van der Waals surface area contributed by atoms with E-state index in [4.69, 9.17) is 21.1 Å². The molecule has 0 fully saturated rings. The largest absolute Gasteiger partial charge is 0.493 e. The first-order valence-electron chi connectivity index (χ1n) is 9.27. The van der Waals surface area contributed by atoms with Gasteiger partial charge in [-0.2, -0.15) is 0 Å². The molecule has 0 unspecified atom stereocenters. The normalized spacial score (nSPS) is 10.6. The number of nitrogens with one attached hydrogen (secondary N) is 2. The number of benzene rings is 2. The van der Waals surface area contributed by atoms with Gasteiger partial charge in [0, 0.05) is 42.3 Å². The van der Waals surface area contributed by atoms with Crippen molar-refractivity contribution in [2.75, 3.05) is 25.5 Å². The lowest BCUT2D eigenvalue weighted by atomic mass is 10.2. The van der Waals surface area contributed by atoms with Crippen LogP contribution in [-0.2, 0) is 13.2 Å². The van der Waals surface area contributed by atoms with Crippen LogP contribution >= 0.6 is 22.9 Å². The number of halogens is 1. The summed E-state index contributed by atoms with van der Waals surface area (Å²) in [7, 11) is 1.59. The van der Waals surface area contributed by atoms with Gasteiger partial charge in [0.15, 0.2) is 11.5 Å². The van der Waals surface area contributed by atoms with E-state index < -0.39 is 4.92 Å². The number of anilines is 1. The quantitative estimate of drug-likeness (QED) is 0.241. The molecule has 30 heavy (non-hydrogen) atoms. The Morgan fingerprint density at radius 2 is 1.97 bits per heavy atom. The summed E-state index contributed by atoms with van der Waals surface area (Å²) in [6.07, 6.45) is 0. The number of nitrogens with zero attached hydrogens (tertiary/aromatic N) is 1. The number of hydrogen-bond acceptors (Lipinski definition) is 7. The van der Waals surface area contributed by atoms with Crippen LogP contribution in [0.2, 0.25) is 5.02 Å². The average Bonchev–Trinajstić information content (AvgIpc) is 3.26. The van der Waals surface area contributed by atoms with Crippen molar-refractivity contribution in [2.24, 2.45) is 0 Å². The average molecular weight is 448 g/mol. The number of rotatable bonds is 11. The van der Waals surface area contributed by atoms with Gasteiger partial charge in [-0.05, 0) is 41.3 Å². The van der Waals surface area contributed by atoms with Crippen molar-refractivity contribution in [1.29, 1.82) is 0 Å². The lowest BCUT2D eigenvalue weighted by molar-refractivity contribution is -0.384. The van der Waals surface area contributed by atoms with E-state index in [-0.39, 0.29) is 5.69 Å². The number of nitro groups is 1. The lowest BCUT2D eigenvalue weighted by Gasteiger charge is -2.14. The maximum Gasteiger partial charge on any atom is 0.269 e. The molecule has 2 N–H and O–H groups in total. The lowest BCUT2D eigenvalue weighted by Crippen LogP contribution is -2.21. The van der Waals surface area contributed by atoms with Gasteiger partial charge in [-0.1, -0.05) is 17.7 Å². The Labute approximate surface area is 183 Å². The molecule has 0 spiro atoms. The maximum atomic E-state index is 10.7. The Kier molecular flexibility index (Phi) is 7.89. The fourth-order valence-corrected chi connectivity index (χ4v) is 3.69. The number of nitro benzene ring substituents is 1. The van der Waals surface area contributed by atoms with E-state index in [2.05, 4.69) is 10.6 Å². The minimum atomic E-state index is -0.413. The van der Waals surface area contributed by atoms with Gasteiger partial charge >= 0.3 is 0 Å². The van der Waals surface area contributed by atoms with Gasteiger partial charge in [0.05, 0.1) is 17.1 Å². The van der Waals surface area contributed by atoms with Gasteiger partial charge in [-0.25, -0.2) is 0 Å². The third kappa shape index (κ3) is 6.09. The molecular weight excluding hydrogens is 426 g/mol. The Balaban J connectivity index is 1.47. The van der Waals surface area contributed by atoms with E-state index in [1.807, 2.05) is 29.6 Å². The van der Waals surface area contributed by atoms with E-state index in [9.17, 15) is 10.1 Å². The highest BCUT2D eigenvalue weighted by Crippen LogP contribution is 2.37. The Hall–Kier alpha value is -2.81. The van der Waals surface area contributed by atoms with Crippen LogP contribution in [0.4, 0.5) is 11.4 Å². The van der Waals surface area contributed by atoms with Crippen LogP contribution in [0.1, 0.15) is 10.4 Å². The molecule has 0 saturated carbocycles. The number of methoxy groups -OCH3 is 1. The Morgan fingerprint density at radius 3 is 2.63 bits per heavy atom. The van der Waals surface area contributed by atoms with Crippen molar-refractivity contribution in [1.82, 2.24) is 5.32 Å². The number of ether oxygens (including phenoxy) is 2. The second-order valence-electron chi connectivity index (χ2n) is 6.38. The molecule has 7 nitrogen and oxygen atoms in total. The molecule has 0 aliphatic rings. The van der Waals surface area contributed by atoms with Gasteiger partial charge in [-0.15, -0.1) is 11.3 Å². The topological polar surface area (TPSA) is 85.7 Å². The molecule has 0 aliphatic carbocycles. The van der Waals surface area contributed by atoms with Crippen molar-refractivity contribution in [3.63, 3.8) is 0 Å². The third-order valence-corrected chi connectivity index (χ3v) is 5.40. The highest BCUT2D eigenvalue weighted by Gasteiger charge is 2.12. The molecule has 9 heteroatoms. The number of non-ortho nitro benzene ring substituents is 1. The van der Waals surface area contributed by atoms with E-state index in [1.54, 1.807) is 30.6 Å². The number of hydrogen-bond donors (Lipinski definition) is 2. The molecule has 1 heterocycles. The first-order chi connectivity index (χ1) is 14.6. The van der Waals surface area contributed by atoms with Crippen LogP contribution in [0.25, 0.3) is 0 Å². The van der Waals surface area contributed by atoms with Crippen molar-refractivity contribution in [2.45, 2.75) is 13.2 Å². The number of thiophene rings is 1. The molecule has 1 aromatic heterocycles. The zero-order valence-corrected chi connectivity index (χ0v) is 18.0. The molecule has 0 radical (unpaired) electrons. The molecule has 3 rings (SSSR count). The zero-order chi connectivity index (χ0) is 21.3. The zero-order valence-electron chi connectivity index (χ0n) is 16.4. The minimum absolute atomic E-state index is 0.0762. The summed E-state index contributed by atoms with van der Waals surface area (Å²) >= 11 is 8.04. The summed E-state index contributed by atoms with van der Waals surface area (Å²) in [5.74, 6) is 1.14. The first-order valence-corrected chi connectivity index (χ1v) is 10.5. The maximum absolute atomic E-state index is 10.7. The van der Waals surface area contributed by atoms with Gasteiger partial charge in [-0.3, -0.25) is 10.1 Å². The Bertz CT molecular complexity index is 965. The van der Waals surface area contributed by atoms with Crippen molar-refractivity contribution in [3.8, 4) is 11.5 Å². The van der Waals surface area contributed by atoms with Gasteiger partial charge in [0.1, 0.15) is 6.61 Å². The van der Waals surface area contributed by atoms with E-state index >= 15 is 0 Å². The van der Waals surface area contributed by atoms with Crippen LogP contribution in [-0.4, -0.2) is 25.1 Å². The second kappa shape index (κ2) is 10.8. The van der Waals surface area contributed by atoms with Gasteiger partial charge < -0.3 is 20.1 Å². The van der Waals surface area contributed by atoms with Crippen molar-refractivity contribution < 1.29 is 14.4 Å². The third-order valence-electron chi connectivity index (χ3n) is 4.27. The highest BCUT2D eigenvalue weighted by molar-refractivity contribution is 7.09. The van der Waals surface area contributed by atoms with Gasteiger partial charge in [0.25, 0.3) is 5.69 Å². The van der Waals surface area contributed by atoms with E-state index in [1.165, 1.54) is 12.1 Å². The SMILES string of the molecule is COc1cc(CNCCNc2ccc([N+](=O)[O-])cc2)cc(Cl)c1OCc1cccs1. The standard InChI is InChI=1S/C21H22ClN3O4S/c1-28-20-12-15(11-19(22)21(20)29-14-18-3-2-10-30-18)13-23-8-9-24-16-4-6-17(7-5-16)25(26)27/h2-7,10-12,23-24H,8-9,13-14H2,1H3. The molecule has 0 amide bonds. The van der Waals surface area contributed by atoms with E-state index in [0.717, 1.165) is 16.1 Å². The van der Waals surface area contributed by atoms with Crippen LogP contribution in [0, 0.1) is 10.1 Å². The summed E-state index contributed by atoms with van der Waals surface area (Å²) in [6, 6.07) is 14.1. The Morgan fingerprint density at radius 1 is 1.17 bits per heavy atom. The minimum Gasteiger partial charge on any atom is -0.493 e. The van der Waals surface area contributed by atoms with Crippen LogP contribution in [0.3, 0.4) is 0 Å². The summed E-state index contributed by atoms with van der Waals surface area (Å²) in [5.41, 5.74) is 1.89. The molecule has 0 aliphatic heterocycles. The van der Waals surface area contributed by atoms with Crippen LogP contribution in [0.15, 0.2) is 53.9 Å². The molecular formula is C21H22ClN3O4S. The van der Waals surface area contributed by atoms with Crippen LogP contribution in [0.5, 0.6) is 11.5 Å². The summed E-state index contributed by atoms with van der Waals surface area (Å²) in [4.78, 5) is 11.4. The first kappa shape index (κ1) is 21.9. The molecule has 0 saturated heterocycles. The molecule has 158 valence electrons. The molecule has 0 atom stereocenters. The summed E-state index contributed by atoms with van der Waals surface area (Å²) in [5, 5.41) is 19.7. The predicted octanol–water partition coefficient (Wildman–Crippen LogP) is 5.10. The van der Waals surface area contributed by atoms with Crippen molar-refractivity contribution in [3.05, 3.63) is 79.5 Å². The molecule has 3 aromatic rings. The van der Waals surface area contributed by atoms with Crippen LogP contribution < -0.4 is 20.1 Å². The summed E-state index contributed by atoms with van der Waals surface area (Å²) < 4.78 is 11.3. The van der Waals surface area contributed by atoms with Gasteiger partial charge in [0.2, 0.25) is 0 Å². The smallest absolute Gasteiger partial charge is 0.269 e. The monoisotopic (exact) mass is 447 g/mol. The second-order valence-corrected chi connectivity index (χ2v) is 7.82. The summed E-state index contributed by atoms with van der Waals surface area (Å²) in [6.45, 7) is 2.43. The molecule has 2 aromatic carbocycles. The molecule has 0 bridgehead atoms. The van der Waals surface area contributed by atoms with E-state index in [0.29, 0.717) is 42.8 Å². The fraction of sp³-hybridized carbons (Fsp3) is 0.238. The fourth-order valence-electron chi connectivity index (χ4n) is 2.78. The van der Waals surface area contributed by atoms with Crippen molar-refractivity contribution >= 4 is 34.3 Å². The predicted molar refractivity (Wildman–Crippen MR) is 120 cm³/mol.